The van der Waals surface area contributed by atoms with Crippen molar-refractivity contribution in [2.24, 2.45) is 0 Å². The Labute approximate surface area is 84.7 Å². The third-order valence-corrected chi connectivity index (χ3v) is 1.70. The summed E-state index contributed by atoms with van der Waals surface area (Å²) in [5, 5.41) is 16.1. The molecular weight excluding hydrogens is 196 g/mol. The molecule has 0 aliphatic heterocycles. The zero-order valence-corrected chi connectivity index (χ0v) is 7.53. The highest BCUT2D eigenvalue weighted by molar-refractivity contribution is 5.86. The molecule has 2 rings (SSSR count). The summed E-state index contributed by atoms with van der Waals surface area (Å²) >= 11 is 0. The van der Waals surface area contributed by atoms with Crippen molar-refractivity contribution in [3.8, 4) is 11.5 Å². The van der Waals surface area contributed by atoms with Gasteiger partial charge in [-0.25, -0.2) is 14.8 Å². The maximum Gasteiger partial charge on any atom is 0.338 e. The summed E-state index contributed by atoms with van der Waals surface area (Å²) < 4.78 is 0. The Bertz CT molecular complexity index is 469. The van der Waals surface area contributed by atoms with Crippen LogP contribution in [0.2, 0.25) is 0 Å². The van der Waals surface area contributed by atoms with Crippen LogP contribution in [0.4, 0.5) is 0 Å². The molecule has 0 aliphatic carbocycles. The molecule has 74 valence electrons. The lowest BCUT2D eigenvalue weighted by Crippen LogP contribution is -2.00. The molecule has 2 heterocycles. The summed E-state index contributed by atoms with van der Waals surface area (Å²) in [6.07, 6.45) is 4.01. The van der Waals surface area contributed by atoms with Crippen molar-refractivity contribution in [3.05, 3.63) is 36.3 Å². The summed E-state index contributed by atoms with van der Waals surface area (Å²) in [6, 6.07) is 3.40. The molecule has 0 spiro atoms. The first kappa shape index (κ1) is 9.20. The first-order chi connectivity index (χ1) is 7.27. The highest BCUT2D eigenvalue weighted by atomic mass is 16.4. The fourth-order valence-corrected chi connectivity index (χ4v) is 0.992. The third-order valence-electron chi connectivity index (χ3n) is 1.70. The molecule has 0 aromatic carbocycles. The average Bonchev–Trinajstić information content (AvgIpc) is 2.30. The third kappa shape index (κ3) is 1.93. The number of aromatic nitrogens is 4. The smallest absolute Gasteiger partial charge is 0.338 e. The Morgan fingerprint density at radius 3 is 2.53 bits per heavy atom. The van der Waals surface area contributed by atoms with Crippen molar-refractivity contribution in [3.63, 3.8) is 0 Å². The topological polar surface area (TPSA) is 88.9 Å². The lowest BCUT2D eigenvalue weighted by atomic mass is 10.3. The quantitative estimate of drug-likeness (QED) is 0.768. The summed E-state index contributed by atoms with van der Waals surface area (Å²) in [5.41, 5.74) is 0.553. The van der Waals surface area contributed by atoms with E-state index in [1.807, 2.05) is 0 Å². The molecule has 0 aliphatic rings. The van der Waals surface area contributed by atoms with Crippen molar-refractivity contribution in [1.82, 2.24) is 20.2 Å². The van der Waals surface area contributed by atoms with Crippen LogP contribution in [-0.2, 0) is 0 Å². The first-order valence-electron chi connectivity index (χ1n) is 4.11. The van der Waals surface area contributed by atoms with Gasteiger partial charge in [-0.15, -0.1) is 5.10 Å². The number of hydrogen-bond donors (Lipinski definition) is 1. The number of hydrogen-bond acceptors (Lipinski definition) is 5. The van der Waals surface area contributed by atoms with Gasteiger partial charge in [0.15, 0.2) is 5.82 Å². The van der Waals surface area contributed by atoms with Crippen molar-refractivity contribution in [2.75, 3.05) is 0 Å². The van der Waals surface area contributed by atoms with Gasteiger partial charge in [0.1, 0.15) is 5.69 Å². The van der Waals surface area contributed by atoms with Crippen LogP contribution >= 0.6 is 0 Å². The van der Waals surface area contributed by atoms with Crippen LogP contribution in [0, 0.1) is 0 Å². The van der Waals surface area contributed by atoms with Gasteiger partial charge in [0.2, 0.25) is 0 Å². The van der Waals surface area contributed by atoms with E-state index in [0.29, 0.717) is 11.5 Å². The van der Waals surface area contributed by atoms with Crippen LogP contribution < -0.4 is 0 Å². The van der Waals surface area contributed by atoms with Gasteiger partial charge in [0.25, 0.3) is 0 Å². The number of nitrogens with zero attached hydrogens (tertiary/aromatic N) is 4. The van der Waals surface area contributed by atoms with Crippen LogP contribution in [0.25, 0.3) is 11.5 Å². The second kappa shape index (κ2) is 3.79. The molecule has 2 aromatic heterocycles. The summed E-state index contributed by atoms with van der Waals surface area (Å²) in [6.45, 7) is 0. The second-order valence-corrected chi connectivity index (χ2v) is 2.71. The van der Waals surface area contributed by atoms with Gasteiger partial charge in [-0.3, -0.25) is 0 Å². The molecule has 0 unspecified atom stereocenters. The average molecular weight is 202 g/mol. The van der Waals surface area contributed by atoms with E-state index < -0.39 is 5.97 Å². The molecule has 1 N–H and O–H groups in total. The van der Waals surface area contributed by atoms with E-state index in [-0.39, 0.29) is 5.56 Å². The van der Waals surface area contributed by atoms with E-state index in [9.17, 15) is 4.79 Å². The SMILES string of the molecule is O=C(O)c1cnc(-c2cccnn2)nc1. The molecule has 0 bridgehead atoms. The molecular formula is C9H6N4O2. The molecule has 0 saturated heterocycles. The predicted octanol–water partition coefficient (Wildman–Crippen LogP) is 0.632. The summed E-state index contributed by atoms with van der Waals surface area (Å²) in [4.78, 5) is 18.3. The minimum absolute atomic E-state index is 0.0441. The van der Waals surface area contributed by atoms with E-state index >= 15 is 0 Å². The van der Waals surface area contributed by atoms with E-state index in [0.717, 1.165) is 0 Å². The maximum atomic E-state index is 10.5. The highest BCUT2D eigenvalue weighted by Crippen LogP contribution is 2.08. The Hall–Kier alpha value is -2.37. The fourth-order valence-electron chi connectivity index (χ4n) is 0.992. The molecule has 0 atom stereocenters. The normalized spacial score (nSPS) is 9.87. The largest absolute Gasteiger partial charge is 0.478 e. The van der Waals surface area contributed by atoms with Gasteiger partial charge < -0.3 is 5.11 Å². The van der Waals surface area contributed by atoms with Gasteiger partial charge in [0.05, 0.1) is 5.56 Å². The van der Waals surface area contributed by atoms with Gasteiger partial charge >= 0.3 is 5.97 Å². The van der Waals surface area contributed by atoms with Crippen LogP contribution in [0.5, 0.6) is 0 Å². The second-order valence-electron chi connectivity index (χ2n) is 2.71. The van der Waals surface area contributed by atoms with Crippen LogP contribution in [0.1, 0.15) is 10.4 Å². The number of carboxylic acid groups (broad SMARTS) is 1. The van der Waals surface area contributed by atoms with Gasteiger partial charge in [0, 0.05) is 18.6 Å². The number of aromatic carboxylic acids is 1. The van der Waals surface area contributed by atoms with Gasteiger partial charge in [-0.2, -0.15) is 5.10 Å². The Morgan fingerprint density at radius 2 is 2.00 bits per heavy atom. The van der Waals surface area contributed by atoms with Crippen LogP contribution in [0.3, 0.4) is 0 Å². The number of carbonyl (C=O) groups is 1. The molecule has 0 radical (unpaired) electrons. The molecule has 6 nitrogen and oxygen atoms in total. The standard InChI is InChI=1S/C9H6N4O2/c14-9(15)6-4-10-8(11-5-6)7-2-1-3-12-13-7/h1-5H,(H,14,15). The minimum Gasteiger partial charge on any atom is -0.478 e. The monoisotopic (exact) mass is 202 g/mol. The van der Waals surface area contributed by atoms with Crippen LogP contribution in [0.15, 0.2) is 30.7 Å². The Morgan fingerprint density at radius 1 is 1.27 bits per heavy atom. The van der Waals surface area contributed by atoms with E-state index in [2.05, 4.69) is 20.2 Å². The van der Waals surface area contributed by atoms with E-state index in [4.69, 9.17) is 5.11 Å². The van der Waals surface area contributed by atoms with E-state index in [1.165, 1.54) is 18.6 Å². The Kier molecular flexibility index (Phi) is 2.32. The molecule has 0 amide bonds. The maximum absolute atomic E-state index is 10.5. The first-order valence-corrected chi connectivity index (χ1v) is 4.11. The van der Waals surface area contributed by atoms with E-state index in [1.54, 1.807) is 12.1 Å². The molecule has 0 fully saturated rings. The molecule has 15 heavy (non-hydrogen) atoms. The lowest BCUT2D eigenvalue weighted by Gasteiger charge is -1.97. The van der Waals surface area contributed by atoms with Crippen molar-refractivity contribution >= 4 is 5.97 Å². The summed E-state index contributed by atoms with van der Waals surface area (Å²) in [5.74, 6) is -0.700. The van der Waals surface area contributed by atoms with Gasteiger partial charge in [-0.05, 0) is 12.1 Å². The number of rotatable bonds is 2. The predicted molar refractivity (Wildman–Crippen MR) is 50.0 cm³/mol. The number of carboxylic acids is 1. The zero-order chi connectivity index (χ0) is 10.7. The summed E-state index contributed by atoms with van der Waals surface area (Å²) in [7, 11) is 0. The fraction of sp³-hybridized carbons (Fsp3) is 0. The van der Waals surface area contributed by atoms with Crippen molar-refractivity contribution in [1.29, 1.82) is 0 Å². The molecule has 2 aromatic rings. The molecule has 0 saturated carbocycles. The zero-order valence-electron chi connectivity index (χ0n) is 7.53. The minimum atomic E-state index is -1.05. The highest BCUT2D eigenvalue weighted by Gasteiger charge is 2.06. The molecule has 6 heteroatoms. The van der Waals surface area contributed by atoms with Crippen molar-refractivity contribution in [2.45, 2.75) is 0 Å². The van der Waals surface area contributed by atoms with Crippen molar-refractivity contribution < 1.29 is 9.90 Å². The Balaban J connectivity index is 2.36. The lowest BCUT2D eigenvalue weighted by molar-refractivity contribution is 0.0696. The van der Waals surface area contributed by atoms with Gasteiger partial charge in [-0.1, -0.05) is 0 Å². The van der Waals surface area contributed by atoms with Crippen LogP contribution in [-0.4, -0.2) is 31.2 Å².